The fourth-order valence-corrected chi connectivity index (χ4v) is 3.21. The van der Waals surface area contributed by atoms with Gasteiger partial charge < -0.3 is 15.5 Å². The molecule has 0 aromatic rings. The number of nitrogens with zero attached hydrogens (tertiary/aromatic N) is 2. The second-order valence-electron chi connectivity index (χ2n) is 6.38. The monoisotopic (exact) mass is 320 g/mol. The van der Waals surface area contributed by atoms with Crippen LogP contribution in [0.4, 0.5) is 0 Å². The lowest BCUT2D eigenvalue weighted by Crippen LogP contribution is -2.38. The van der Waals surface area contributed by atoms with Crippen molar-refractivity contribution in [1.82, 2.24) is 15.5 Å². The van der Waals surface area contributed by atoms with Crippen LogP contribution in [-0.2, 0) is 4.79 Å². The Morgan fingerprint density at radius 2 is 2.17 bits per heavy atom. The molecule has 0 aromatic heterocycles. The molecule has 0 radical (unpaired) electrons. The number of guanidine groups is 1. The molecule has 0 unspecified atom stereocenters. The van der Waals surface area contributed by atoms with Crippen molar-refractivity contribution in [3.8, 4) is 0 Å². The van der Waals surface area contributed by atoms with Crippen LogP contribution in [0.1, 0.15) is 58.3 Å². The van der Waals surface area contributed by atoms with Gasteiger partial charge in [0, 0.05) is 39.1 Å². The molecule has 1 saturated heterocycles. The summed E-state index contributed by atoms with van der Waals surface area (Å²) < 4.78 is 0. The normalized spacial score (nSPS) is 19.0. The maximum atomic E-state index is 11.6. The first-order valence-corrected chi connectivity index (χ1v) is 9.27. The van der Waals surface area contributed by atoms with Crippen molar-refractivity contribution >= 4 is 11.9 Å². The van der Waals surface area contributed by atoms with Crippen LogP contribution in [0, 0.1) is 0 Å². The van der Waals surface area contributed by atoms with E-state index in [1.165, 1.54) is 25.7 Å². The first kappa shape index (κ1) is 17.8. The topological polar surface area (TPSA) is 56.7 Å². The van der Waals surface area contributed by atoms with Crippen LogP contribution in [0.5, 0.6) is 0 Å². The minimum absolute atomic E-state index is 0.305. The van der Waals surface area contributed by atoms with Crippen molar-refractivity contribution in [3.63, 3.8) is 0 Å². The molecular formula is C18H32N4O. The van der Waals surface area contributed by atoms with Gasteiger partial charge in [0.2, 0.25) is 5.91 Å². The lowest BCUT2D eigenvalue weighted by molar-refractivity contribution is -0.127. The second kappa shape index (κ2) is 10.3. The fourth-order valence-electron chi connectivity index (χ4n) is 3.21. The molecule has 1 amide bonds. The summed E-state index contributed by atoms with van der Waals surface area (Å²) in [6, 6.07) is 0. The Balaban J connectivity index is 1.64. The highest BCUT2D eigenvalue weighted by Crippen LogP contribution is 2.19. The van der Waals surface area contributed by atoms with Crippen LogP contribution in [0.25, 0.3) is 0 Å². The summed E-state index contributed by atoms with van der Waals surface area (Å²) in [7, 11) is 0. The average molecular weight is 320 g/mol. The highest BCUT2D eigenvalue weighted by molar-refractivity contribution is 5.79. The Hall–Kier alpha value is -1.52. The van der Waals surface area contributed by atoms with E-state index in [4.69, 9.17) is 0 Å². The van der Waals surface area contributed by atoms with Gasteiger partial charge in [0.25, 0.3) is 0 Å². The molecule has 2 N–H and O–H groups in total. The van der Waals surface area contributed by atoms with Gasteiger partial charge in [-0.3, -0.25) is 9.79 Å². The van der Waals surface area contributed by atoms with Crippen LogP contribution in [0.3, 0.4) is 0 Å². The van der Waals surface area contributed by atoms with E-state index in [1.54, 1.807) is 5.57 Å². The van der Waals surface area contributed by atoms with Crippen molar-refractivity contribution in [2.45, 2.75) is 58.3 Å². The van der Waals surface area contributed by atoms with Crippen LogP contribution < -0.4 is 10.6 Å². The van der Waals surface area contributed by atoms with Gasteiger partial charge in [-0.05, 0) is 51.9 Å². The first-order valence-electron chi connectivity index (χ1n) is 9.27. The van der Waals surface area contributed by atoms with Gasteiger partial charge in [-0.25, -0.2) is 0 Å². The molecule has 1 fully saturated rings. The number of rotatable bonds is 8. The molecule has 130 valence electrons. The molecule has 23 heavy (non-hydrogen) atoms. The Morgan fingerprint density at radius 3 is 2.87 bits per heavy atom. The van der Waals surface area contributed by atoms with E-state index in [0.29, 0.717) is 5.91 Å². The van der Waals surface area contributed by atoms with Crippen LogP contribution >= 0.6 is 0 Å². The summed E-state index contributed by atoms with van der Waals surface area (Å²) in [5.41, 5.74) is 1.59. The van der Waals surface area contributed by atoms with E-state index in [0.717, 1.165) is 64.4 Å². The van der Waals surface area contributed by atoms with E-state index in [2.05, 4.69) is 28.6 Å². The third kappa shape index (κ3) is 6.63. The van der Waals surface area contributed by atoms with Gasteiger partial charge >= 0.3 is 0 Å². The minimum Gasteiger partial charge on any atom is -0.357 e. The number of likely N-dealkylation sites (tertiary alicyclic amines) is 1. The number of aliphatic imine (C=N–C) groups is 1. The van der Waals surface area contributed by atoms with E-state index in [9.17, 15) is 4.79 Å². The summed E-state index contributed by atoms with van der Waals surface area (Å²) >= 11 is 0. The third-order valence-corrected chi connectivity index (χ3v) is 4.50. The first-order chi connectivity index (χ1) is 11.3. The lowest BCUT2D eigenvalue weighted by atomic mass is 9.97. The quantitative estimate of drug-likeness (QED) is 0.313. The molecule has 0 saturated carbocycles. The van der Waals surface area contributed by atoms with Crippen LogP contribution in [0.2, 0.25) is 0 Å². The van der Waals surface area contributed by atoms with E-state index >= 15 is 0 Å². The Labute approximate surface area is 140 Å². The average Bonchev–Trinajstić information content (AvgIpc) is 2.97. The molecule has 0 atom stereocenters. The highest BCUT2D eigenvalue weighted by atomic mass is 16.2. The minimum atomic E-state index is 0.305. The van der Waals surface area contributed by atoms with E-state index in [1.807, 2.05) is 4.90 Å². The molecule has 1 aliphatic carbocycles. The number of carbonyl (C=O) groups excluding carboxylic acids is 1. The number of hydrogen-bond donors (Lipinski definition) is 2. The number of allylic oxidation sites excluding steroid dienone is 1. The number of amides is 1. The summed E-state index contributed by atoms with van der Waals surface area (Å²) in [5.74, 6) is 1.21. The molecule has 0 spiro atoms. The maximum absolute atomic E-state index is 11.6. The van der Waals surface area contributed by atoms with Crippen molar-refractivity contribution in [1.29, 1.82) is 0 Å². The van der Waals surface area contributed by atoms with E-state index in [-0.39, 0.29) is 0 Å². The number of carbonyl (C=O) groups is 1. The predicted octanol–water partition coefficient (Wildman–Crippen LogP) is 2.44. The largest absolute Gasteiger partial charge is 0.357 e. The molecule has 2 aliphatic rings. The molecule has 0 aromatic carbocycles. The maximum Gasteiger partial charge on any atom is 0.222 e. The van der Waals surface area contributed by atoms with Crippen molar-refractivity contribution in [3.05, 3.63) is 11.6 Å². The molecule has 0 bridgehead atoms. The summed E-state index contributed by atoms with van der Waals surface area (Å²) in [4.78, 5) is 18.1. The lowest BCUT2D eigenvalue weighted by Gasteiger charge is -2.16. The zero-order valence-electron chi connectivity index (χ0n) is 14.6. The van der Waals surface area contributed by atoms with Crippen molar-refractivity contribution < 1.29 is 4.79 Å². The van der Waals surface area contributed by atoms with Gasteiger partial charge in [-0.15, -0.1) is 0 Å². The summed E-state index contributed by atoms with van der Waals surface area (Å²) in [5, 5.41) is 6.72. The Bertz CT molecular complexity index is 431. The zero-order valence-corrected chi connectivity index (χ0v) is 14.6. The standard InChI is InChI=1S/C18H32N4O/c1-2-19-18(21-13-11-16-8-4-3-5-9-16)20-12-7-15-22-14-6-10-17(22)23/h8H,2-7,9-15H2,1H3,(H2,19,20,21). The fraction of sp³-hybridized carbons (Fsp3) is 0.778. The van der Waals surface area contributed by atoms with E-state index < -0.39 is 0 Å². The molecule has 1 aliphatic heterocycles. The van der Waals surface area contributed by atoms with Crippen LogP contribution in [0.15, 0.2) is 16.6 Å². The van der Waals surface area contributed by atoms with Crippen molar-refractivity contribution in [2.75, 3.05) is 32.7 Å². The molecule has 2 rings (SSSR count). The number of hydrogen-bond acceptors (Lipinski definition) is 2. The highest BCUT2D eigenvalue weighted by Gasteiger charge is 2.18. The van der Waals surface area contributed by atoms with Crippen LogP contribution in [-0.4, -0.2) is 49.5 Å². The summed E-state index contributed by atoms with van der Waals surface area (Å²) in [6.45, 7) is 6.44. The SMILES string of the molecule is CCNC(=NCCCN1CCCC1=O)NCCC1=CCCCC1. The predicted molar refractivity (Wildman–Crippen MR) is 95.6 cm³/mol. The van der Waals surface area contributed by atoms with Gasteiger partial charge in [0.1, 0.15) is 0 Å². The van der Waals surface area contributed by atoms with Gasteiger partial charge in [0.15, 0.2) is 5.96 Å². The molecule has 5 heteroatoms. The second-order valence-corrected chi connectivity index (χ2v) is 6.38. The smallest absolute Gasteiger partial charge is 0.222 e. The van der Waals surface area contributed by atoms with Gasteiger partial charge in [-0.1, -0.05) is 11.6 Å². The van der Waals surface area contributed by atoms with Crippen molar-refractivity contribution in [2.24, 2.45) is 4.99 Å². The Morgan fingerprint density at radius 1 is 1.26 bits per heavy atom. The summed E-state index contributed by atoms with van der Waals surface area (Å²) in [6.07, 6.45) is 11.4. The number of nitrogens with one attached hydrogen (secondary N) is 2. The Kier molecular flexibility index (Phi) is 7.98. The molecule has 1 heterocycles. The molecule has 5 nitrogen and oxygen atoms in total. The van der Waals surface area contributed by atoms with Gasteiger partial charge in [0.05, 0.1) is 0 Å². The third-order valence-electron chi connectivity index (χ3n) is 4.50. The zero-order chi connectivity index (χ0) is 16.3. The molecular weight excluding hydrogens is 288 g/mol. The van der Waals surface area contributed by atoms with Gasteiger partial charge in [-0.2, -0.15) is 0 Å².